The third-order valence-corrected chi connectivity index (χ3v) is 2.09. The number of carbonyl (C=O) groups is 1. The van der Waals surface area contributed by atoms with Gasteiger partial charge in [0.05, 0.1) is 12.0 Å². The molecular weight excluding hydrogens is 130 g/mol. The van der Waals surface area contributed by atoms with Gasteiger partial charge in [-0.05, 0) is 13.8 Å². The lowest BCUT2D eigenvalue weighted by atomic mass is 9.87. The molecule has 58 valence electrons. The minimum Gasteiger partial charge on any atom is -0.381 e. The Morgan fingerprint density at radius 3 is 2.50 bits per heavy atom. The van der Waals surface area contributed by atoms with Crippen LogP contribution in [0.5, 0.6) is 0 Å². The summed E-state index contributed by atoms with van der Waals surface area (Å²) in [5, 5.41) is 2.75. The Morgan fingerprint density at radius 2 is 2.30 bits per heavy atom. The van der Waals surface area contributed by atoms with Crippen LogP contribution in [0, 0.1) is 5.92 Å². The van der Waals surface area contributed by atoms with Gasteiger partial charge in [0.15, 0.2) is 0 Å². The Bertz CT molecular complexity index is 147. The van der Waals surface area contributed by atoms with Gasteiger partial charge in [-0.15, -0.1) is 0 Å². The molecule has 3 heteroatoms. The van der Waals surface area contributed by atoms with Gasteiger partial charge in [0.1, 0.15) is 0 Å². The number of rotatable bonds is 2. The molecule has 0 spiro atoms. The number of β-lactam (4-membered cyclic amide) rings is 1. The molecule has 1 rings (SSSR count). The van der Waals surface area contributed by atoms with Crippen molar-refractivity contribution < 1.29 is 9.53 Å². The van der Waals surface area contributed by atoms with Gasteiger partial charge < -0.3 is 10.1 Å². The van der Waals surface area contributed by atoms with Crippen LogP contribution in [-0.4, -0.2) is 25.2 Å². The third-order valence-electron chi connectivity index (χ3n) is 2.09. The Kier molecular flexibility index (Phi) is 1.94. The van der Waals surface area contributed by atoms with E-state index in [1.54, 1.807) is 7.11 Å². The van der Waals surface area contributed by atoms with E-state index < -0.39 is 0 Å². The van der Waals surface area contributed by atoms with E-state index in [1.807, 2.05) is 13.8 Å². The topological polar surface area (TPSA) is 38.3 Å². The van der Waals surface area contributed by atoms with Crippen molar-refractivity contribution in [3.63, 3.8) is 0 Å². The van der Waals surface area contributed by atoms with Crippen LogP contribution >= 0.6 is 0 Å². The number of methoxy groups -OCH3 is 1. The van der Waals surface area contributed by atoms with E-state index in [1.165, 1.54) is 0 Å². The van der Waals surface area contributed by atoms with E-state index in [-0.39, 0.29) is 24.0 Å². The molecule has 0 bridgehead atoms. The van der Waals surface area contributed by atoms with Crippen LogP contribution in [0.2, 0.25) is 0 Å². The first kappa shape index (κ1) is 7.54. The van der Waals surface area contributed by atoms with Gasteiger partial charge in [-0.1, -0.05) is 0 Å². The van der Waals surface area contributed by atoms with Crippen LogP contribution in [0.15, 0.2) is 0 Å². The van der Waals surface area contributed by atoms with Crippen molar-refractivity contribution in [1.82, 2.24) is 5.32 Å². The maximum Gasteiger partial charge on any atom is 0.228 e. The summed E-state index contributed by atoms with van der Waals surface area (Å²) in [4.78, 5) is 10.9. The van der Waals surface area contributed by atoms with Crippen LogP contribution in [0.4, 0.5) is 0 Å². The number of amides is 1. The highest BCUT2D eigenvalue weighted by molar-refractivity contribution is 5.86. The molecule has 1 amide bonds. The highest BCUT2D eigenvalue weighted by atomic mass is 16.5. The summed E-state index contributed by atoms with van der Waals surface area (Å²) in [7, 11) is 1.63. The molecule has 10 heavy (non-hydrogen) atoms. The van der Waals surface area contributed by atoms with E-state index in [9.17, 15) is 4.79 Å². The third kappa shape index (κ3) is 1.01. The highest BCUT2D eigenvalue weighted by Gasteiger charge is 2.39. The summed E-state index contributed by atoms with van der Waals surface area (Å²) in [6.45, 7) is 3.90. The van der Waals surface area contributed by atoms with E-state index in [4.69, 9.17) is 4.74 Å². The van der Waals surface area contributed by atoms with Gasteiger partial charge in [-0.2, -0.15) is 0 Å². The maximum atomic E-state index is 10.9. The van der Waals surface area contributed by atoms with Gasteiger partial charge in [-0.3, -0.25) is 4.79 Å². The fourth-order valence-electron chi connectivity index (χ4n) is 1.31. The largest absolute Gasteiger partial charge is 0.381 e. The molecule has 1 aliphatic rings. The highest BCUT2D eigenvalue weighted by Crippen LogP contribution is 2.19. The second-order valence-corrected chi connectivity index (χ2v) is 2.76. The first-order valence-electron chi connectivity index (χ1n) is 3.50. The van der Waals surface area contributed by atoms with Gasteiger partial charge in [-0.25, -0.2) is 0 Å². The number of carbonyl (C=O) groups excluding carboxylic acids is 1. The fourth-order valence-corrected chi connectivity index (χ4v) is 1.31. The average molecular weight is 143 g/mol. The minimum absolute atomic E-state index is 0.0451. The summed E-state index contributed by atoms with van der Waals surface area (Å²) in [5.41, 5.74) is 0. The molecule has 1 fully saturated rings. The second kappa shape index (κ2) is 2.58. The van der Waals surface area contributed by atoms with Crippen LogP contribution < -0.4 is 5.32 Å². The van der Waals surface area contributed by atoms with Crippen molar-refractivity contribution in [1.29, 1.82) is 0 Å². The van der Waals surface area contributed by atoms with Crippen molar-refractivity contribution in [2.75, 3.05) is 7.11 Å². The van der Waals surface area contributed by atoms with Crippen molar-refractivity contribution in [3.05, 3.63) is 0 Å². The lowest BCUT2D eigenvalue weighted by molar-refractivity contribution is -0.140. The van der Waals surface area contributed by atoms with Crippen LogP contribution in [0.3, 0.4) is 0 Å². The molecular formula is C7H13NO2. The minimum atomic E-state index is 0.0451. The number of nitrogens with one attached hydrogen (secondary N) is 1. The number of hydrogen-bond acceptors (Lipinski definition) is 2. The number of hydrogen-bond donors (Lipinski definition) is 1. The van der Waals surface area contributed by atoms with E-state index in [2.05, 4.69) is 5.32 Å². The molecule has 3 atom stereocenters. The second-order valence-electron chi connectivity index (χ2n) is 2.76. The van der Waals surface area contributed by atoms with E-state index in [0.29, 0.717) is 0 Å². The molecule has 0 unspecified atom stereocenters. The maximum absolute atomic E-state index is 10.9. The normalized spacial score (nSPS) is 34.5. The Labute approximate surface area is 60.7 Å². The molecule has 0 radical (unpaired) electrons. The van der Waals surface area contributed by atoms with Gasteiger partial charge in [0.25, 0.3) is 0 Å². The first-order valence-corrected chi connectivity index (χ1v) is 3.50. The van der Waals surface area contributed by atoms with E-state index in [0.717, 1.165) is 0 Å². The predicted molar refractivity (Wildman–Crippen MR) is 37.6 cm³/mol. The molecule has 0 aromatic rings. The van der Waals surface area contributed by atoms with Crippen molar-refractivity contribution >= 4 is 5.91 Å². The molecule has 0 aromatic carbocycles. The summed E-state index contributed by atoms with van der Waals surface area (Å²) < 4.78 is 5.03. The molecule has 1 saturated heterocycles. The average Bonchev–Trinajstić information content (AvgIpc) is 1.87. The summed E-state index contributed by atoms with van der Waals surface area (Å²) >= 11 is 0. The molecule has 1 N–H and O–H groups in total. The molecule has 0 saturated carbocycles. The zero-order valence-electron chi connectivity index (χ0n) is 6.55. The Hall–Kier alpha value is -0.570. The lowest BCUT2D eigenvalue weighted by Crippen LogP contribution is -2.60. The summed E-state index contributed by atoms with van der Waals surface area (Å²) in [6, 6.07) is 0.280. The summed E-state index contributed by atoms with van der Waals surface area (Å²) in [5.74, 6) is 0.173. The molecule has 0 aromatic heterocycles. The molecule has 1 heterocycles. The standard InChI is InChI=1S/C7H13NO2/c1-4-6(5(2)10-3)7(9)8-4/h4-6H,1-3H3,(H,8,9)/t4-,5+,6-/m0/s1. The first-order chi connectivity index (χ1) is 4.66. The van der Waals surface area contributed by atoms with Gasteiger partial charge >= 0.3 is 0 Å². The van der Waals surface area contributed by atoms with Crippen LogP contribution in [-0.2, 0) is 9.53 Å². The smallest absolute Gasteiger partial charge is 0.228 e. The Morgan fingerprint density at radius 1 is 1.70 bits per heavy atom. The SMILES string of the molecule is CO[C@H](C)[C@H]1C(=O)N[C@H]1C. The molecule has 0 aliphatic carbocycles. The summed E-state index contributed by atoms with van der Waals surface area (Å²) in [6.07, 6.45) is 0.0451. The quantitative estimate of drug-likeness (QED) is 0.559. The predicted octanol–water partition coefficient (Wildman–Crippen LogP) is 0.156. The fraction of sp³-hybridized carbons (Fsp3) is 0.857. The van der Waals surface area contributed by atoms with Crippen molar-refractivity contribution in [2.24, 2.45) is 5.92 Å². The molecule has 1 aliphatic heterocycles. The Balaban J connectivity index is 2.46. The monoisotopic (exact) mass is 143 g/mol. The zero-order valence-corrected chi connectivity index (χ0v) is 6.55. The van der Waals surface area contributed by atoms with Gasteiger partial charge in [0, 0.05) is 13.2 Å². The van der Waals surface area contributed by atoms with E-state index >= 15 is 0 Å². The zero-order chi connectivity index (χ0) is 7.72. The molecule has 3 nitrogen and oxygen atoms in total. The number of ether oxygens (including phenoxy) is 1. The van der Waals surface area contributed by atoms with Crippen LogP contribution in [0.25, 0.3) is 0 Å². The van der Waals surface area contributed by atoms with Gasteiger partial charge in [0.2, 0.25) is 5.91 Å². The van der Waals surface area contributed by atoms with Crippen LogP contribution in [0.1, 0.15) is 13.8 Å². The van der Waals surface area contributed by atoms with Crippen molar-refractivity contribution in [2.45, 2.75) is 26.0 Å². The van der Waals surface area contributed by atoms with Crippen molar-refractivity contribution in [3.8, 4) is 0 Å². The lowest BCUT2D eigenvalue weighted by Gasteiger charge is -2.37.